The molecular weight excluding hydrogens is 412 g/mol. The predicted octanol–water partition coefficient (Wildman–Crippen LogP) is 3.64. The number of carbonyl (C=O) groups excluding carboxylic acids is 1. The summed E-state index contributed by atoms with van der Waals surface area (Å²) in [6, 6.07) is 14.6. The molecule has 8 heteroatoms. The van der Waals surface area contributed by atoms with Gasteiger partial charge in [0.25, 0.3) is 0 Å². The Morgan fingerprint density at radius 2 is 1.83 bits per heavy atom. The second-order valence-electron chi connectivity index (χ2n) is 6.59. The maximum Gasteiger partial charge on any atom is 0.232 e. The topological polar surface area (TPSA) is 75.7 Å². The zero-order chi connectivity index (χ0) is 21.3. The van der Waals surface area contributed by atoms with Crippen LogP contribution >= 0.6 is 11.6 Å². The molecule has 0 heterocycles. The lowest BCUT2D eigenvalue weighted by atomic mass is 10.1. The van der Waals surface area contributed by atoms with Crippen LogP contribution in [0.2, 0.25) is 5.02 Å². The highest BCUT2D eigenvalue weighted by Gasteiger charge is 2.17. The number of sulfonamides is 1. The molecular formula is C21H27ClN2O4S. The Hall–Kier alpha value is -2.25. The van der Waals surface area contributed by atoms with Crippen LogP contribution in [0.5, 0.6) is 5.75 Å². The van der Waals surface area contributed by atoms with E-state index in [-0.39, 0.29) is 18.9 Å². The van der Waals surface area contributed by atoms with Gasteiger partial charge in [-0.3, -0.25) is 9.10 Å². The van der Waals surface area contributed by atoms with Crippen LogP contribution in [-0.2, 0) is 21.2 Å². The van der Waals surface area contributed by atoms with E-state index in [0.29, 0.717) is 36.0 Å². The Morgan fingerprint density at radius 1 is 1.14 bits per heavy atom. The Labute approximate surface area is 177 Å². The molecule has 0 aromatic heterocycles. The molecule has 0 unspecified atom stereocenters. The fourth-order valence-corrected chi connectivity index (χ4v) is 3.92. The number of nitrogens with one attached hydrogen (secondary N) is 1. The van der Waals surface area contributed by atoms with Crippen molar-refractivity contribution in [2.45, 2.75) is 26.2 Å². The molecule has 2 aromatic carbocycles. The molecule has 29 heavy (non-hydrogen) atoms. The Balaban J connectivity index is 1.76. The van der Waals surface area contributed by atoms with E-state index in [1.54, 1.807) is 24.3 Å². The number of hydrogen-bond acceptors (Lipinski definition) is 4. The van der Waals surface area contributed by atoms with Crippen molar-refractivity contribution >= 4 is 33.2 Å². The van der Waals surface area contributed by atoms with Crippen molar-refractivity contribution in [2.24, 2.45) is 0 Å². The number of aryl methyl sites for hydroxylation is 1. The third kappa shape index (κ3) is 7.59. The first-order valence-electron chi connectivity index (χ1n) is 9.52. The molecule has 6 nitrogen and oxygen atoms in total. The van der Waals surface area contributed by atoms with Gasteiger partial charge in [0.2, 0.25) is 15.9 Å². The average Bonchev–Trinajstić information content (AvgIpc) is 2.69. The van der Waals surface area contributed by atoms with Crippen molar-refractivity contribution < 1.29 is 17.9 Å². The fraction of sp³-hybridized carbons (Fsp3) is 0.381. The molecule has 0 atom stereocenters. The van der Waals surface area contributed by atoms with Crippen LogP contribution in [0.4, 0.5) is 5.69 Å². The number of amides is 1. The van der Waals surface area contributed by atoms with Crippen LogP contribution < -0.4 is 14.4 Å². The molecule has 0 aliphatic heterocycles. The van der Waals surface area contributed by atoms with Gasteiger partial charge in [-0.1, -0.05) is 42.8 Å². The molecule has 0 bridgehead atoms. The van der Waals surface area contributed by atoms with Crippen molar-refractivity contribution in [1.82, 2.24) is 5.32 Å². The van der Waals surface area contributed by atoms with E-state index in [0.717, 1.165) is 12.0 Å². The molecule has 0 aliphatic carbocycles. The summed E-state index contributed by atoms with van der Waals surface area (Å²) in [4.78, 5) is 12.0. The highest BCUT2D eigenvalue weighted by molar-refractivity contribution is 7.92. The molecule has 2 aromatic rings. The number of nitrogens with zero attached hydrogens (tertiary/aromatic N) is 1. The third-order valence-electron chi connectivity index (χ3n) is 4.32. The second kappa shape index (κ2) is 11.1. The third-order valence-corrected chi connectivity index (χ3v) is 5.82. The number of rotatable bonds is 11. The lowest BCUT2D eigenvalue weighted by Gasteiger charge is -2.22. The minimum atomic E-state index is -3.42. The van der Waals surface area contributed by atoms with Crippen LogP contribution in [0.15, 0.2) is 48.5 Å². The number of anilines is 1. The number of ether oxygens (including phenoxy) is 1. The Bertz CT molecular complexity index is 901. The molecule has 158 valence electrons. The maximum absolute atomic E-state index is 12.1. The van der Waals surface area contributed by atoms with Crippen molar-refractivity contribution in [3.8, 4) is 5.75 Å². The van der Waals surface area contributed by atoms with Crippen LogP contribution in [0.1, 0.15) is 25.3 Å². The molecule has 2 rings (SSSR count). The van der Waals surface area contributed by atoms with Crippen molar-refractivity contribution in [2.75, 3.05) is 30.3 Å². The molecule has 0 aliphatic rings. The fourth-order valence-electron chi connectivity index (χ4n) is 2.77. The molecule has 0 spiro atoms. The van der Waals surface area contributed by atoms with Crippen molar-refractivity contribution in [3.63, 3.8) is 0 Å². The average molecular weight is 439 g/mol. The summed E-state index contributed by atoms with van der Waals surface area (Å²) in [5, 5.41) is 3.28. The summed E-state index contributed by atoms with van der Waals surface area (Å²) < 4.78 is 31.1. The molecule has 0 fully saturated rings. The molecule has 1 N–H and O–H groups in total. The zero-order valence-corrected chi connectivity index (χ0v) is 18.3. The largest absolute Gasteiger partial charge is 0.490 e. The van der Waals surface area contributed by atoms with Gasteiger partial charge in [-0.05, 0) is 42.7 Å². The van der Waals surface area contributed by atoms with Gasteiger partial charge in [-0.2, -0.15) is 0 Å². The number of carbonyl (C=O) groups is 1. The van der Waals surface area contributed by atoms with Crippen LogP contribution in [-0.4, -0.2) is 40.3 Å². The first-order valence-corrected chi connectivity index (χ1v) is 11.7. The summed E-state index contributed by atoms with van der Waals surface area (Å²) in [5.74, 6) is 0.420. The van der Waals surface area contributed by atoms with E-state index in [2.05, 4.69) is 5.32 Å². The first-order chi connectivity index (χ1) is 13.8. The van der Waals surface area contributed by atoms with Gasteiger partial charge >= 0.3 is 0 Å². The monoisotopic (exact) mass is 438 g/mol. The summed E-state index contributed by atoms with van der Waals surface area (Å²) in [5.41, 5.74) is 1.75. The second-order valence-corrected chi connectivity index (χ2v) is 8.90. The number of halogens is 1. The summed E-state index contributed by atoms with van der Waals surface area (Å²) in [6.07, 6.45) is 2.71. The van der Waals surface area contributed by atoms with Gasteiger partial charge in [0.1, 0.15) is 12.4 Å². The highest BCUT2D eigenvalue weighted by atomic mass is 35.5. The SMILES string of the molecule is CCc1ccc(N(CCCC(=O)NCCOc2ccccc2Cl)S(C)(=O)=O)cc1. The maximum atomic E-state index is 12.1. The first kappa shape index (κ1) is 23.0. The highest BCUT2D eigenvalue weighted by Crippen LogP contribution is 2.22. The molecule has 0 radical (unpaired) electrons. The minimum Gasteiger partial charge on any atom is -0.490 e. The Morgan fingerprint density at radius 3 is 2.45 bits per heavy atom. The minimum absolute atomic E-state index is 0.150. The van der Waals surface area contributed by atoms with E-state index >= 15 is 0 Å². The van der Waals surface area contributed by atoms with Crippen molar-refractivity contribution in [3.05, 3.63) is 59.1 Å². The quantitative estimate of drug-likeness (QED) is 0.543. The summed E-state index contributed by atoms with van der Waals surface area (Å²) >= 11 is 6.00. The summed E-state index contributed by atoms with van der Waals surface area (Å²) in [7, 11) is -3.42. The van der Waals surface area contributed by atoms with Crippen LogP contribution in [0, 0.1) is 0 Å². The standard InChI is InChI=1S/C21H27ClN2O4S/c1-3-17-10-12-18(13-11-17)24(29(2,26)27)15-6-9-21(25)23-14-16-28-20-8-5-4-7-19(20)22/h4-5,7-8,10-13H,3,6,9,14-16H2,1-2H3,(H,23,25). The van der Waals surface area contributed by atoms with Gasteiger partial charge in [-0.25, -0.2) is 8.42 Å². The molecule has 0 saturated carbocycles. The van der Waals surface area contributed by atoms with Crippen LogP contribution in [0.3, 0.4) is 0 Å². The zero-order valence-electron chi connectivity index (χ0n) is 16.7. The van der Waals surface area contributed by atoms with E-state index < -0.39 is 10.0 Å². The van der Waals surface area contributed by atoms with E-state index in [9.17, 15) is 13.2 Å². The normalized spacial score (nSPS) is 11.1. The predicted molar refractivity (Wildman–Crippen MR) is 117 cm³/mol. The molecule has 1 amide bonds. The van der Waals surface area contributed by atoms with E-state index in [1.807, 2.05) is 31.2 Å². The van der Waals surface area contributed by atoms with Gasteiger partial charge in [0, 0.05) is 13.0 Å². The van der Waals surface area contributed by atoms with Crippen molar-refractivity contribution in [1.29, 1.82) is 0 Å². The van der Waals surface area contributed by atoms with E-state index in [4.69, 9.17) is 16.3 Å². The van der Waals surface area contributed by atoms with Gasteiger partial charge in [0.05, 0.1) is 23.5 Å². The lowest BCUT2D eigenvalue weighted by molar-refractivity contribution is -0.121. The smallest absolute Gasteiger partial charge is 0.232 e. The Kier molecular flexibility index (Phi) is 8.79. The van der Waals surface area contributed by atoms with Crippen LogP contribution in [0.25, 0.3) is 0 Å². The van der Waals surface area contributed by atoms with Gasteiger partial charge in [0.15, 0.2) is 0 Å². The lowest BCUT2D eigenvalue weighted by Crippen LogP contribution is -2.32. The number of benzene rings is 2. The van der Waals surface area contributed by atoms with E-state index in [1.165, 1.54) is 10.6 Å². The number of para-hydroxylation sites is 1. The summed E-state index contributed by atoms with van der Waals surface area (Å²) in [6.45, 7) is 2.93. The van der Waals surface area contributed by atoms with Gasteiger partial charge < -0.3 is 10.1 Å². The molecule has 0 saturated heterocycles. The number of hydrogen-bond donors (Lipinski definition) is 1. The van der Waals surface area contributed by atoms with Gasteiger partial charge in [-0.15, -0.1) is 0 Å².